The fourth-order valence-corrected chi connectivity index (χ4v) is 2.27. The third-order valence-electron chi connectivity index (χ3n) is 3.00. The zero-order valence-electron chi connectivity index (χ0n) is 9.63. The van der Waals surface area contributed by atoms with E-state index in [2.05, 4.69) is 4.90 Å². The fraction of sp³-hybridized carbons (Fsp3) is 0.538. The van der Waals surface area contributed by atoms with Crippen LogP contribution in [-0.2, 0) is 13.0 Å². The molecular weight excluding hydrogens is 227 g/mol. The summed E-state index contributed by atoms with van der Waals surface area (Å²) in [6.07, 6.45) is -2.56. The van der Waals surface area contributed by atoms with Crippen molar-refractivity contribution in [3.8, 4) is 0 Å². The molecule has 0 aromatic heterocycles. The largest absolute Gasteiger partial charge is 0.393 e. The van der Waals surface area contributed by atoms with Gasteiger partial charge in [-0.15, -0.1) is 0 Å². The average molecular weight is 243 g/mol. The van der Waals surface area contributed by atoms with E-state index in [1.165, 1.54) is 12.8 Å². The molecule has 0 atom stereocenters. The highest BCUT2D eigenvalue weighted by Crippen LogP contribution is 2.22. The molecule has 0 bridgehead atoms. The minimum absolute atomic E-state index is 0.356. The maximum atomic E-state index is 12.3. The number of hydrogen-bond donors (Lipinski definition) is 0. The predicted molar refractivity (Wildman–Crippen MR) is 60.7 cm³/mol. The third-order valence-corrected chi connectivity index (χ3v) is 3.00. The van der Waals surface area contributed by atoms with Crippen LogP contribution in [0.2, 0.25) is 0 Å². The molecule has 1 aromatic carbocycles. The Morgan fingerprint density at radius 1 is 1.06 bits per heavy atom. The lowest BCUT2D eigenvalue weighted by molar-refractivity contribution is -0.127. The molecule has 0 spiro atoms. The molecule has 0 radical (unpaired) electrons. The number of halogens is 3. The summed E-state index contributed by atoms with van der Waals surface area (Å²) in [6.45, 7) is 2.89. The Balaban J connectivity index is 2.00. The zero-order chi connectivity index (χ0) is 12.3. The van der Waals surface area contributed by atoms with Gasteiger partial charge in [0.25, 0.3) is 0 Å². The van der Waals surface area contributed by atoms with Gasteiger partial charge in [-0.3, -0.25) is 4.90 Å². The van der Waals surface area contributed by atoms with Crippen molar-refractivity contribution in [3.63, 3.8) is 0 Å². The minimum atomic E-state index is -4.12. The number of rotatable bonds is 3. The van der Waals surface area contributed by atoms with Crippen LogP contribution in [0, 0.1) is 0 Å². The first-order valence-electron chi connectivity index (χ1n) is 5.90. The molecule has 0 unspecified atom stereocenters. The van der Waals surface area contributed by atoms with Crippen molar-refractivity contribution in [1.29, 1.82) is 0 Å². The molecule has 0 N–H and O–H groups in total. The van der Waals surface area contributed by atoms with Crippen LogP contribution in [0.1, 0.15) is 24.0 Å². The summed E-state index contributed by atoms with van der Waals surface area (Å²) in [5, 5.41) is 0. The van der Waals surface area contributed by atoms with Crippen molar-refractivity contribution in [1.82, 2.24) is 4.90 Å². The molecule has 1 aliphatic heterocycles. The van der Waals surface area contributed by atoms with Crippen LogP contribution in [-0.4, -0.2) is 24.2 Å². The van der Waals surface area contributed by atoms with Crippen LogP contribution in [0.15, 0.2) is 24.3 Å². The van der Waals surface area contributed by atoms with Gasteiger partial charge in [-0.05, 0) is 37.1 Å². The normalized spacial score (nSPS) is 17.6. The van der Waals surface area contributed by atoms with Crippen molar-refractivity contribution in [2.75, 3.05) is 13.1 Å². The van der Waals surface area contributed by atoms with Gasteiger partial charge in [0.2, 0.25) is 0 Å². The SMILES string of the molecule is FC(F)(F)Cc1cccc(CN2CCCC2)c1. The van der Waals surface area contributed by atoms with E-state index in [4.69, 9.17) is 0 Å². The smallest absolute Gasteiger partial charge is 0.299 e. The second kappa shape index (κ2) is 5.08. The molecule has 1 aromatic rings. The van der Waals surface area contributed by atoms with E-state index in [1.807, 2.05) is 6.07 Å². The first-order valence-corrected chi connectivity index (χ1v) is 5.90. The molecule has 1 nitrogen and oxygen atoms in total. The molecule has 1 aliphatic rings. The van der Waals surface area contributed by atoms with Crippen LogP contribution >= 0.6 is 0 Å². The lowest BCUT2D eigenvalue weighted by Gasteiger charge is -2.15. The molecule has 1 fully saturated rings. The standard InChI is InChI=1S/C13H16F3N/c14-13(15,16)9-11-4-3-5-12(8-11)10-17-6-1-2-7-17/h3-5,8H,1-2,6-7,9-10H2. The summed E-state index contributed by atoms with van der Waals surface area (Å²) in [4.78, 5) is 2.28. The molecule has 2 rings (SSSR count). The summed E-state index contributed by atoms with van der Waals surface area (Å²) in [7, 11) is 0. The Labute approximate surface area is 99.2 Å². The van der Waals surface area contributed by atoms with Gasteiger partial charge >= 0.3 is 6.18 Å². The van der Waals surface area contributed by atoms with Crippen molar-refractivity contribution >= 4 is 0 Å². The fourth-order valence-electron chi connectivity index (χ4n) is 2.27. The van der Waals surface area contributed by atoms with Gasteiger partial charge in [0.15, 0.2) is 0 Å². The maximum Gasteiger partial charge on any atom is 0.393 e. The topological polar surface area (TPSA) is 3.24 Å². The first-order chi connectivity index (χ1) is 8.03. The Bertz CT molecular complexity index is 367. The Morgan fingerprint density at radius 3 is 2.35 bits per heavy atom. The minimum Gasteiger partial charge on any atom is -0.299 e. The van der Waals surface area contributed by atoms with Crippen molar-refractivity contribution < 1.29 is 13.2 Å². The molecule has 17 heavy (non-hydrogen) atoms. The van der Waals surface area contributed by atoms with Crippen LogP contribution in [0.5, 0.6) is 0 Å². The lowest BCUT2D eigenvalue weighted by Crippen LogP contribution is -2.18. The van der Waals surface area contributed by atoms with Gasteiger partial charge in [-0.2, -0.15) is 13.2 Å². The monoisotopic (exact) mass is 243 g/mol. The van der Waals surface area contributed by atoms with Gasteiger partial charge < -0.3 is 0 Å². The van der Waals surface area contributed by atoms with Gasteiger partial charge in [0.1, 0.15) is 0 Å². The summed E-state index contributed by atoms with van der Waals surface area (Å²) in [5.41, 5.74) is 1.34. The second-order valence-electron chi connectivity index (χ2n) is 4.60. The van der Waals surface area contributed by atoms with Gasteiger partial charge in [-0.25, -0.2) is 0 Å². The highest BCUT2D eigenvalue weighted by Gasteiger charge is 2.27. The highest BCUT2D eigenvalue weighted by molar-refractivity contribution is 5.24. The van der Waals surface area contributed by atoms with E-state index in [9.17, 15) is 13.2 Å². The van der Waals surface area contributed by atoms with E-state index in [0.717, 1.165) is 25.2 Å². The van der Waals surface area contributed by atoms with Crippen LogP contribution in [0.3, 0.4) is 0 Å². The van der Waals surface area contributed by atoms with E-state index >= 15 is 0 Å². The molecule has 1 heterocycles. The Hall–Kier alpha value is -1.03. The van der Waals surface area contributed by atoms with E-state index in [-0.39, 0.29) is 0 Å². The van der Waals surface area contributed by atoms with Crippen LogP contribution in [0.25, 0.3) is 0 Å². The summed E-state index contributed by atoms with van der Waals surface area (Å²) in [5.74, 6) is 0. The number of likely N-dealkylation sites (tertiary alicyclic amines) is 1. The van der Waals surface area contributed by atoms with Crippen molar-refractivity contribution in [2.45, 2.75) is 32.0 Å². The number of alkyl halides is 3. The molecule has 1 saturated heterocycles. The van der Waals surface area contributed by atoms with Crippen LogP contribution < -0.4 is 0 Å². The Kier molecular flexibility index (Phi) is 3.72. The number of benzene rings is 1. The molecular formula is C13H16F3N. The molecule has 0 amide bonds. The first kappa shape index (κ1) is 12.4. The number of hydrogen-bond acceptors (Lipinski definition) is 1. The molecule has 0 saturated carbocycles. The quantitative estimate of drug-likeness (QED) is 0.786. The van der Waals surface area contributed by atoms with Gasteiger partial charge in [0.05, 0.1) is 6.42 Å². The maximum absolute atomic E-state index is 12.3. The second-order valence-corrected chi connectivity index (χ2v) is 4.60. The third kappa shape index (κ3) is 4.04. The average Bonchev–Trinajstić information content (AvgIpc) is 2.68. The van der Waals surface area contributed by atoms with E-state index < -0.39 is 12.6 Å². The van der Waals surface area contributed by atoms with E-state index in [0.29, 0.717) is 5.56 Å². The van der Waals surface area contributed by atoms with Crippen LogP contribution in [0.4, 0.5) is 13.2 Å². The highest BCUT2D eigenvalue weighted by atomic mass is 19.4. The number of nitrogens with zero attached hydrogens (tertiary/aromatic N) is 1. The molecule has 4 heteroatoms. The summed E-state index contributed by atoms with van der Waals surface area (Å²) < 4.78 is 36.8. The van der Waals surface area contributed by atoms with Crippen molar-refractivity contribution in [3.05, 3.63) is 35.4 Å². The molecule has 94 valence electrons. The predicted octanol–water partition coefficient (Wildman–Crippen LogP) is 3.39. The zero-order valence-corrected chi connectivity index (χ0v) is 9.63. The lowest BCUT2D eigenvalue weighted by atomic mass is 10.1. The van der Waals surface area contributed by atoms with E-state index in [1.54, 1.807) is 18.2 Å². The van der Waals surface area contributed by atoms with Gasteiger partial charge in [-0.1, -0.05) is 24.3 Å². The van der Waals surface area contributed by atoms with Crippen molar-refractivity contribution in [2.24, 2.45) is 0 Å². The Morgan fingerprint density at radius 2 is 1.71 bits per heavy atom. The summed E-state index contributed by atoms with van der Waals surface area (Å²) in [6, 6.07) is 6.83. The van der Waals surface area contributed by atoms with Gasteiger partial charge in [0, 0.05) is 6.54 Å². The molecule has 0 aliphatic carbocycles. The summed E-state index contributed by atoms with van der Waals surface area (Å²) >= 11 is 0.